The van der Waals surface area contributed by atoms with Crippen molar-refractivity contribution in [1.29, 1.82) is 0 Å². The van der Waals surface area contributed by atoms with Gasteiger partial charge in [-0.05, 0) is 43.4 Å². The molecular weight excluding hydrogens is 200 g/mol. The minimum Gasteiger partial charge on any atom is -0.396 e. The van der Waals surface area contributed by atoms with Gasteiger partial charge in [0.2, 0.25) is 0 Å². The van der Waals surface area contributed by atoms with Gasteiger partial charge < -0.3 is 10.1 Å². The van der Waals surface area contributed by atoms with E-state index in [0.717, 1.165) is 24.2 Å². The van der Waals surface area contributed by atoms with Crippen molar-refractivity contribution < 1.29 is 5.11 Å². The van der Waals surface area contributed by atoms with Crippen LogP contribution in [-0.4, -0.2) is 21.7 Å². The van der Waals surface area contributed by atoms with Crippen LogP contribution in [0.5, 0.6) is 0 Å². The fourth-order valence-electron chi connectivity index (χ4n) is 3.95. The maximum atomic E-state index is 9.14. The molecule has 3 fully saturated rings. The molecular formula is C13H20N2O. The van der Waals surface area contributed by atoms with Crippen LogP contribution in [0.3, 0.4) is 0 Å². The van der Waals surface area contributed by atoms with Gasteiger partial charge in [-0.2, -0.15) is 0 Å². The quantitative estimate of drug-likeness (QED) is 0.821. The van der Waals surface area contributed by atoms with Crippen molar-refractivity contribution in [3.63, 3.8) is 0 Å². The van der Waals surface area contributed by atoms with E-state index in [9.17, 15) is 0 Å². The van der Waals surface area contributed by atoms with Crippen molar-refractivity contribution in [3.05, 3.63) is 18.2 Å². The summed E-state index contributed by atoms with van der Waals surface area (Å²) in [6, 6.07) is 0. The van der Waals surface area contributed by atoms with Gasteiger partial charge in [0, 0.05) is 24.9 Å². The Morgan fingerprint density at radius 2 is 2.31 bits per heavy atom. The molecule has 2 N–H and O–H groups in total. The summed E-state index contributed by atoms with van der Waals surface area (Å²) in [4.78, 5) is 7.72. The molecule has 4 atom stereocenters. The Morgan fingerprint density at radius 1 is 1.38 bits per heavy atom. The first kappa shape index (κ1) is 10.3. The number of hydrogen-bond acceptors (Lipinski definition) is 2. The molecule has 0 saturated heterocycles. The highest BCUT2D eigenvalue weighted by Gasteiger charge is 2.43. The number of aliphatic hydroxyl groups is 1. The number of nitrogens with zero attached hydrogens (tertiary/aromatic N) is 1. The zero-order chi connectivity index (χ0) is 11.0. The summed E-state index contributed by atoms with van der Waals surface area (Å²) >= 11 is 0. The molecule has 3 aliphatic rings. The first-order chi connectivity index (χ1) is 7.88. The number of imidazole rings is 1. The number of fused-ring (bicyclic) bond motifs is 3. The van der Waals surface area contributed by atoms with Gasteiger partial charge in [-0.3, -0.25) is 0 Å². The number of nitrogens with one attached hydrogen (secondary N) is 1. The number of rotatable bonds is 3. The fraction of sp³-hybridized carbons (Fsp3) is 0.769. The van der Waals surface area contributed by atoms with E-state index in [1.165, 1.54) is 31.5 Å². The molecule has 3 aliphatic carbocycles. The Labute approximate surface area is 96.3 Å². The van der Waals surface area contributed by atoms with Crippen LogP contribution < -0.4 is 0 Å². The van der Waals surface area contributed by atoms with Crippen molar-refractivity contribution in [2.45, 2.75) is 38.0 Å². The van der Waals surface area contributed by atoms with Crippen LogP contribution in [0, 0.1) is 17.8 Å². The Balaban J connectivity index is 1.80. The van der Waals surface area contributed by atoms with Crippen LogP contribution in [0.25, 0.3) is 0 Å². The summed E-state index contributed by atoms with van der Waals surface area (Å²) < 4.78 is 0. The fourth-order valence-corrected chi connectivity index (χ4v) is 3.95. The Hall–Kier alpha value is -0.830. The molecule has 3 saturated carbocycles. The van der Waals surface area contributed by atoms with Gasteiger partial charge in [-0.15, -0.1) is 0 Å². The largest absolute Gasteiger partial charge is 0.396 e. The lowest BCUT2D eigenvalue weighted by Gasteiger charge is -2.47. The highest BCUT2D eigenvalue weighted by atomic mass is 16.3. The molecule has 1 aromatic rings. The number of hydrogen-bond donors (Lipinski definition) is 2. The SMILES string of the molecule is OCCC1CC2CCC1C(c1ncc[nH]1)C2. The van der Waals surface area contributed by atoms with Crippen LogP contribution in [0.2, 0.25) is 0 Å². The van der Waals surface area contributed by atoms with Crippen LogP contribution in [0.15, 0.2) is 12.4 Å². The smallest absolute Gasteiger partial charge is 0.109 e. The molecule has 1 aromatic heterocycles. The van der Waals surface area contributed by atoms with Gasteiger partial charge in [0.1, 0.15) is 5.82 Å². The van der Waals surface area contributed by atoms with Crippen molar-refractivity contribution in [3.8, 4) is 0 Å². The molecule has 4 rings (SSSR count). The predicted octanol–water partition coefficient (Wildman–Crippen LogP) is 2.31. The molecule has 88 valence electrons. The molecule has 0 radical (unpaired) electrons. The third-order valence-electron chi connectivity index (χ3n) is 4.62. The zero-order valence-electron chi connectivity index (χ0n) is 9.60. The van der Waals surface area contributed by atoms with Crippen molar-refractivity contribution in [2.24, 2.45) is 17.8 Å². The summed E-state index contributed by atoms with van der Waals surface area (Å²) in [5, 5.41) is 9.14. The zero-order valence-corrected chi connectivity index (χ0v) is 9.60. The Morgan fingerprint density at radius 3 is 3.00 bits per heavy atom. The third kappa shape index (κ3) is 1.67. The molecule has 2 bridgehead atoms. The normalized spacial score (nSPS) is 37.8. The minimum atomic E-state index is 0.346. The van der Waals surface area contributed by atoms with Gasteiger partial charge in [0.15, 0.2) is 0 Å². The second-order valence-corrected chi connectivity index (χ2v) is 5.43. The molecule has 0 aromatic carbocycles. The molecule has 4 unspecified atom stereocenters. The lowest BCUT2D eigenvalue weighted by molar-refractivity contribution is 0.0539. The van der Waals surface area contributed by atoms with Crippen LogP contribution in [-0.2, 0) is 0 Å². The number of H-pyrrole nitrogens is 1. The van der Waals surface area contributed by atoms with Gasteiger partial charge in [-0.1, -0.05) is 6.42 Å². The van der Waals surface area contributed by atoms with Gasteiger partial charge in [-0.25, -0.2) is 4.98 Å². The van der Waals surface area contributed by atoms with Crippen molar-refractivity contribution in [2.75, 3.05) is 6.61 Å². The number of aromatic amines is 1. The van der Waals surface area contributed by atoms with E-state index < -0.39 is 0 Å². The van der Waals surface area contributed by atoms with E-state index in [1.807, 2.05) is 12.4 Å². The van der Waals surface area contributed by atoms with Gasteiger partial charge in [0.25, 0.3) is 0 Å². The maximum absolute atomic E-state index is 9.14. The highest BCUT2D eigenvalue weighted by Crippen LogP contribution is 2.52. The highest BCUT2D eigenvalue weighted by molar-refractivity contribution is 5.06. The number of aliphatic hydroxyl groups excluding tert-OH is 1. The van der Waals surface area contributed by atoms with E-state index in [-0.39, 0.29) is 0 Å². The summed E-state index contributed by atoms with van der Waals surface area (Å²) in [7, 11) is 0. The first-order valence-corrected chi connectivity index (χ1v) is 6.48. The van der Waals surface area contributed by atoms with E-state index in [1.54, 1.807) is 0 Å². The van der Waals surface area contributed by atoms with E-state index in [0.29, 0.717) is 12.5 Å². The van der Waals surface area contributed by atoms with E-state index in [2.05, 4.69) is 9.97 Å². The second kappa shape index (κ2) is 4.21. The third-order valence-corrected chi connectivity index (χ3v) is 4.62. The molecule has 3 heteroatoms. The Bertz CT molecular complexity index is 336. The van der Waals surface area contributed by atoms with Crippen LogP contribution in [0.4, 0.5) is 0 Å². The Kier molecular flexibility index (Phi) is 2.72. The topological polar surface area (TPSA) is 48.9 Å². The summed E-state index contributed by atoms with van der Waals surface area (Å²) in [5.41, 5.74) is 0. The minimum absolute atomic E-state index is 0.346. The molecule has 0 aliphatic heterocycles. The molecule has 3 nitrogen and oxygen atoms in total. The van der Waals surface area contributed by atoms with Crippen LogP contribution in [0.1, 0.15) is 43.8 Å². The second-order valence-electron chi connectivity index (χ2n) is 5.43. The summed E-state index contributed by atoms with van der Waals surface area (Å²) in [6.07, 6.45) is 10.1. The van der Waals surface area contributed by atoms with E-state index in [4.69, 9.17) is 5.11 Å². The lowest BCUT2D eigenvalue weighted by atomic mass is 9.58. The monoisotopic (exact) mass is 220 g/mol. The lowest BCUT2D eigenvalue weighted by Crippen LogP contribution is -2.37. The summed E-state index contributed by atoms with van der Waals surface area (Å²) in [5.74, 6) is 4.16. The average Bonchev–Trinajstić information content (AvgIpc) is 2.83. The van der Waals surface area contributed by atoms with E-state index >= 15 is 0 Å². The van der Waals surface area contributed by atoms with Crippen LogP contribution >= 0.6 is 0 Å². The molecule has 1 heterocycles. The van der Waals surface area contributed by atoms with Gasteiger partial charge in [0.05, 0.1) is 0 Å². The molecule has 0 spiro atoms. The first-order valence-electron chi connectivity index (χ1n) is 6.48. The predicted molar refractivity (Wildman–Crippen MR) is 62.0 cm³/mol. The molecule has 0 amide bonds. The van der Waals surface area contributed by atoms with Gasteiger partial charge >= 0.3 is 0 Å². The maximum Gasteiger partial charge on any atom is 0.109 e. The van der Waals surface area contributed by atoms with Crippen molar-refractivity contribution >= 4 is 0 Å². The summed E-state index contributed by atoms with van der Waals surface area (Å²) in [6.45, 7) is 0.346. The molecule has 16 heavy (non-hydrogen) atoms. The number of aromatic nitrogens is 2. The average molecular weight is 220 g/mol. The standard InChI is InChI=1S/C13H20N2O/c16-6-3-10-7-9-1-2-11(10)12(8-9)13-14-4-5-15-13/h4-5,9-12,16H,1-3,6-8H2,(H,14,15). The van der Waals surface area contributed by atoms with Crippen molar-refractivity contribution in [1.82, 2.24) is 9.97 Å².